The van der Waals surface area contributed by atoms with Gasteiger partial charge in [0.25, 0.3) is 0 Å². The van der Waals surface area contributed by atoms with E-state index in [1.54, 1.807) is 6.07 Å². The van der Waals surface area contributed by atoms with Crippen LogP contribution in [0.5, 0.6) is 5.75 Å². The van der Waals surface area contributed by atoms with Crippen molar-refractivity contribution in [3.05, 3.63) is 29.3 Å². The summed E-state index contributed by atoms with van der Waals surface area (Å²) in [6.07, 6.45) is 0.952. The third-order valence-electron chi connectivity index (χ3n) is 2.63. The van der Waals surface area contributed by atoms with Gasteiger partial charge in [0, 0.05) is 18.0 Å². The number of Topliss-reactive ketones (excluding diaryl/α,β-unsaturated/α-hetero) is 1. The molecular formula is C11H11F2NO2. The van der Waals surface area contributed by atoms with Crippen LogP contribution in [0.3, 0.4) is 0 Å². The van der Waals surface area contributed by atoms with Gasteiger partial charge in [-0.3, -0.25) is 4.79 Å². The van der Waals surface area contributed by atoms with Crippen molar-refractivity contribution in [2.75, 3.05) is 0 Å². The molecule has 1 aliphatic carbocycles. The van der Waals surface area contributed by atoms with E-state index in [4.69, 9.17) is 5.73 Å². The van der Waals surface area contributed by atoms with E-state index in [0.29, 0.717) is 24.0 Å². The standard InChI is InChI=1S/C11H11F2NO2/c12-11(13)16-6-1-2-7-8(5-6)10(15)4-3-9(7)14/h1-2,5,9,11H,3-4,14H2. The zero-order valence-electron chi connectivity index (χ0n) is 8.45. The molecule has 16 heavy (non-hydrogen) atoms. The van der Waals surface area contributed by atoms with Gasteiger partial charge in [0.15, 0.2) is 5.78 Å². The van der Waals surface area contributed by atoms with E-state index in [1.807, 2.05) is 0 Å². The zero-order valence-corrected chi connectivity index (χ0v) is 8.45. The summed E-state index contributed by atoms with van der Waals surface area (Å²) in [5.74, 6) is -0.0763. The Morgan fingerprint density at radius 2 is 2.19 bits per heavy atom. The summed E-state index contributed by atoms with van der Waals surface area (Å²) < 4.78 is 28.2. The second kappa shape index (κ2) is 4.17. The lowest BCUT2D eigenvalue weighted by Gasteiger charge is -2.21. The Labute approximate surface area is 91.2 Å². The Kier molecular flexibility index (Phi) is 2.87. The molecule has 0 heterocycles. The molecule has 2 N–H and O–H groups in total. The maximum atomic E-state index is 12.0. The van der Waals surface area contributed by atoms with Crippen LogP contribution < -0.4 is 10.5 Å². The predicted molar refractivity (Wildman–Crippen MR) is 53.6 cm³/mol. The van der Waals surface area contributed by atoms with Crippen LogP contribution in [0.25, 0.3) is 0 Å². The van der Waals surface area contributed by atoms with E-state index in [-0.39, 0.29) is 17.6 Å². The normalized spacial score (nSPS) is 19.8. The molecule has 0 aliphatic heterocycles. The minimum atomic E-state index is -2.88. The fraction of sp³-hybridized carbons (Fsp3) is 0.364. The highest BCUT2D eigenvalue weighted by molar-refractivity contribution is 5.99. The van der Waals surface area contributed by atoms with Crippen LogP contribution in [0.1, 0.15) is 34.8 Å². The fourth-order valence-corrected chi connectivity index (χ4v) is 1.85. The molecule has 5 heteroatoms. The van der Waals surface area contributed by atoms with Crippen molar-refractivity contribution in [1.82, 2.24) is 0 Å². The summed E-state index contributed by atoms with van der Waals surface area (Å²) in [6.45, 7) is -2.88. The van der Waals surface area contributed by atoms with Gasteiger partial charge >= 0.3 is 6.61 Å². The molecule has 1 aromatic rings. The number of ether oxygens (including phenoxy) is 1. The molecule has 0 fully saturated rings. The molecule has 0 aromatic heterocycles. The molecule has 0 bridgehead atoms. The van der Waals surface area contributed by atoms with Crippen molar-refractivity contribution in [2.24, 2.45) is 5.73 Å². The number of carbonyl (C=O) groups is 1. The van der Waals surface area contributed by atoms with Gasteiger partial charge in [-0.2, -0.15) is 8.78 Å². The summed E-state index contributed by atoms with van der Waals surface area (Å²) in [6, 6.07) is 4.12. The Balaban J connectivity index is 2.36. The molecule has 1 unspecified atom stereocenters. The third kappa shape index (κ3) is 2.04. The SMILES string of the molecule is NC1CCC(=O)c2cc(OC(F)F)ccc21. The molecule has 0 amide bonds. The highest BCUT2D eigenvalue weighted by Gasteiger charge is 2.23. The van der Waals surface area contributed by atoms with E-state index in [9.17, 15) is 13.6 Å². The molecule has 0 radical (unpaired) electrons. The number of alkyl halides is 2. The first kappa shape index (κ1) is 11.0. The van der Waals surface area contributed by atoms with Crippen LogP contribution in [-0.4, -0.2) is 12.4 Å². The Morgan fingerprint density at radius 1 is 1.44 bits per heavy atom. The van der Waals surface area contributed by atoms with Crippen LogP contribution >= 0.6 is 0 Å². The van der Waals surface area contributed by atoms with Crippen LogP contribution in [0, 0.1) is 0 Å². The molecule has 86 valence electrons. The smallest absolute Gasteiger partial charge is 0.387 e. The van der Waals surface area contributed by atoms with Crippen molar-refractivity contribution in [3.63, 3.8) is 0 Å². The number of hydrogen-bond donors (Lipinski definition) is 1. The number of hydrogen-bond acceptors (Lipinski definition) is 3. The summed E-state index contributed by atoms with van der Waals surface area (Å²) in [5.41, 5.74) is 6.92. The Hall–Kier alpha value is -1.49. The summed E-state index contributed by atoms with van der Waals surface area (Å²) in [7, 11) is 0. The number of fused-ring (bicyclic) bond motifs is 1. The van der Waals surface area contributed by atoms with Crippen molar-refractivity contribution in [2.45, 2.75) is 25.5 Å². The van der Waals surface area contributed by atoms with Crippen LogP contribution in [0.4, 0.5) is 8.78 Å². The molecular weight excluding hydrogens is 216 g/mol. The van der Waals surface area contributed by atoms with Gasteiger partial charge in [-0.25, -0.2) is 0 Å². The Morgan fingerprint density at radius 3 is 2.88 bits per heavy atom. The van der Waals surface area contributed by atoms with E-state index in [1.165, 1.54) is 12.1 Å². The van der Waals surface area contributed by atoms with E-state index < -0.39 is 6.61 Å². The molecule has 0 saturated heterocycles. The molecule has 2 rings (SSSR count). The first-order chi connectivity index (χ1) is 7.58. The van der Waals surface area contributed by atoms with Crippen molar-refractivity contribution in [3.8, 4) is 5.75 Å². The van der Waals surface area contributed by atoms with Crippen molar-refractivity contribution < 1.29 is 18.3 Å². The summed E-state index contributed by atoms with van der Waals surface area (Å²) in [5, 5.41) is 0. The monoisotopic (exact) mass is 227 g/mol. The number of nitrogens with two attached hydrogens (primary N) is 1. The highest BCUT2D eigenvalue weighted by atomic mass is 19.3. The van der Waals surface area contributed by atoms with Gasteiger partial charge in [-0.05, 0) is 24.1 Å². The first-order valence-corrected chi connectivity index (χ1v) is 4.95. The largest absolute Gasteiger partial charge is 0.435 e. The molecule has 3 nitrogen and oxygen atoms in total. The van der Waals surface area contributed by atoms with Gasteiger partial charge in [0.05, 0.1) is 0 Å². The van der Waals surface area contributed by atoms with Gasteiger partial charge in [0.1, 0.15) is 5.75 Å². The number of halogens is 2. The molecule has 0 spiro atoms. The fourth-order valence-electron chi connectivity index (χ4n) is 1.85. The van der Waals surface area contributed by atoms with Gasteiger partial charge in [-0.1, -0.05) is 6.07 Å². The summed E-state index contributed by atoms with van der Waals surface area (Å²) >= 11 is 0. The maximum absolute atomic E-state index is 12.0. The number of benzene rings is 1. The lowest BCUT2D eigenvalue weighted by Crippen LogP contribution is -2.21. The lowest BCUT2D eigenvalue weighted by atomic mass is 9.87. The van der Waals surface area contributed by atoms with Gasteiger partial charge < -0.3 is 10.5 Å². The zero-order chi connectivity index (χ0) is 11.7. The average molecular weight is 227 g/mol. The third-order valence-corrected chi connectivity index (χ3v) is 2.63. The second-order valence-electron chi connectivity index (χ2n) is 3.70. The van der Waals surface area contributed by atoms with E-state index >= 15 is 0 Å². The molecule has 1 atom stereocenters. The molecule has 1 aromatic carbocycles. The minimum Gasteiger partial charge on any atom is -0.435 e. The van der Waals surface area contributed by atoms with Gasteiger partial charge in [0.2, 0.25) is 0 Å². The van der Waals surface area contributed by atoms with Crippen molar-refractivity contribution >= 4 is 5.78 Å². The van der Waals surface area contributed by atoms with Crippen LogP contribution in [0.2, 0.25) is 0 Å². The maximum Gasteiger partial charge on any atom is 0.387 e. The highest BCUT2D eigenvalue weighted by Crippen LogP contribution is 2.30. The Bertz CT molecular complexity index is 420. The van der Waals surface area contributed by atoms with E-state index in [2.05, 4.69) is 4.74 Å². The number of ketones is 1. The topological polar surface area (TPSA) is 52.3 Å². The quantitative estimate of drug-likeness (QED) is 0.843. The van der Waals surface area contributed by atoms with Crippen molar-refractivity contribution in [1.29, 1.82) is 0 Å². The second-order valence-corrected chi connectivity index (χ2v) is 3.70. The van der Waals surface area contributed by atoms with Gasteiger partial charge in [-0.15, -0.1) is 0 Å². The predicted octanol–water partition coefficient (Wildman–Crippen LogP) is 2.26. The first-order valence-electron chi connectivity index (χ1n) is 4.95. The van der Waals surface area contributed by atoms with E-state index in [0.717, 1.165) is 0 Å². The lowest BCUT2D eigenvalue weighted by molar-refractivity contribution is -0.0499. The van der Waals surface area contributed by atoms with Crippen LogP contribution in [-0.2, 0) is 0 Å². The average Bonchev–Trinajstić information content (AvgIpc) is 2.23. The summed E-state index contributed by atoms with van der Waals surface area (Å²) in [4.78, 5) is 11.6. The van der Waals surface area contributed by atoms with Crippen LogP contribution in [0.15, 0.2) is 18.2 Å². The molecule has 1 aliphatic rings. The number of rotatable bonds is 2. The minimum absolute atomic E-state index is 0.00352. The number of carbonyl (C=O) groups excluding carboxylic acids is 1. The molecule has 0 saturated carbocycles.